The van der Waals surface area contributed by atoms with Crippen LogP contribution in [-0.4, -0.2) is 16.8 Å². The molecule has 0 aliphatic carbocycles. The summed E-state index contributed by atoms with van der Waals surface area (Å²) in [6, 6.07) is 15.3. The molecule has 0 spiro atoms. The number of carbonyl (C=O) groups is 2. The molecule has 1 aliphatic heterocycles. The summed E-state index contributed by atoms with van der Waals surface area (Å²) in [7, 11) is 0. The van der Waals surface area contributed by atoms with Gasteiger partial charge in [0.1, 0.15) is 0 Å². The predicted octanol–water partition coefficient (Wildman–Crippen LogP) is 4.22. The molecule has 122 valence electrons. The highest BCUT2D eigenvalue weighted by atomic mass is 35.5. The molecule has 0 radical (unpaired) electrons. The number of hydrogen-bond acceptors (Lipinski definition) is 3. The zero-order chi connectivity index (χ0) is 17.3. The number of ketones is 1. The molecule has 5 heteroatoms. The highest BCUT2D eigenvalue weighted by Crippen LogP contribution is 2.41. The number of para-hydroxylation sites is 1. The second kappa shape index (κ2) is 6.49. The summed E-state index contributed by atoms with van der Waals surface area (Å²) in [4.78, 5) is 26.4. The van der Waals surface area contributed by atoms with Crippen molar-refractivity contribution in [1.82, 2.24) is 0 Å². The van der Waals surface area contributed by atoms with Crippen molar-refractivity contribution >= 4 is 29.0 Å². The molecular formula is C19H16ClNO3. The fourth-order valence-corrected chi connectivity index (χ4v) is 3.02. The largest absolute Gasteiger partial charge is 0.503 e. The Morgan fingerprint density at radius 3 is 2.33 bits per heavy atom. The average Bonchev–Trinajstić information content (AvgIpc) is 2.87. The van der Waals surface area contributed by atoms with Crippen molar-refractivity contribution in [1.29, 1.82) is 0 Å². The van der Waals surface area contributed by atoms with Gasteiger partial charge in [-0.3, -0.25) is 14.5 Å². The smallest absolute Gasteiger partial charge is 0.294 e. The molecule has 1 amide bonds. The number of benzene rings is 2. The molecule has 1 N–H and O–H groups in total. The molecule has 24 heavy (non-hydrogen) atoms. The van der Waals surface area contributed by atoms with Gasteiger partial charge in [-0.2, -0.15) is 0 Å². The molecule has 2 aromatic rings. The van der Waals surface area contributed by atoms with Gasteiger partial charge < -0.3 is 5.11 Å². The summed E-state index contributed by atoms with van der Waals surface area (Å²) in [5.74, 6) is -1.30. The SMILES string of the molecule is CCC(=O)C1=C(O)C(=O)N(c2ccccc2)C1c1ccc(Cl)cc1. The summed E-state index contributed by atoms with van der Waals surface area (Å²) in [6.45, 7) is 1.71. The first-order chi connectivity index (χ1) is 11.5. The van der Waals surface area contributed by atoms with Crippen LogP contribution in [0.25, 0.3) is 0 Å². The Labute approximate surface area is 145 Å². The van der Waals surface area contributed by atoms with Crippen molar-refractivity contribution in [3.63, 3.8) is 0 Å². The zero-order valence-electron chi connectivity index (χ0n) is 13.1. The zero-order valence-corrected chi connectivity index (χ0v) is 13.8. The Hall–Kier alpha value is -2.59. The van der Waals surface area contributed by atoms with Crippen molar-refractivity contribution in [3.05, 3.63) is 76.5 Å². The minimum Gasteiger partial charge on any atom is -0.503 e. The second-order valence-electron chi connectivity index (χ2n) is 5.50. The minimum absolute atomic E-state index is 0.133. The Morgan fingerprint density at radius 2 is 1.75 bits per heavy atom. The van der Waals surface area contributed by atoms with Crippen LogP contribution < -0.4 is 4.90 Å². The number of rotatable bonds is 4. The van der Waals surface area contributed by atoms with Crippen LogP contribution in [0.2, 0.25) is 5.02 Å². The van der Waals surface area contributed by atoms with Crippen LogP contribution in [0.4, 0.5) is 5.69 Å². The number of halogens is 1. The first kappa shape index (κ1) is 16.3. The lowest BCUT2D eigenvalue weighted by Gasteiger charge is -2.26. The van der Waals surface area contributed by atoms with Crippen molar-refractivity contribution in [2.45, 2.75) is 19.4 Å². The van der Waals surface area contributed by atoms with Gasteiger partial charge >= 0.3 is 0 Å². The van der Waals surface area contributed by atoms with Gasteiger partial charge in [0, 0.05) is 17.1 Å². The van der Waals surface area contributed by atoms with Crippen LogP contribution in [-0.2, 0) is 9.59 Å². The van der Waals surface area contributed by atoms with Gasteiger partial charge in [-0.15, -0.1) is 0 Å². The summed E-state index contributed by atoms with van der Waals surface area (Å²) >= 11 is 5.95. The molecule has 0 fully saturated rings. The maximum atomic E-state index is 12.6. The van der Waals surface area contributed by atoms with Gasteiger partial charge in [0.25, 0.3) is 5.91 Å². The number of Topliss-reactive ketones (excluding diaryl/α,β-unsaturated/α-hetero) is 1. The standard InChI is InChI=1S/C19H16ClNO3/c1-2-15(22)16-17(12-8-10-13(20)11-9-12)21(19(24)18(16)23)14-6-4-3-5-7-14/h3-11,17,23H,2H2,1H3. The van der Waals surface area contributed by atoms with Gasteiger partial charge in [-0.1, -0.05) is 48.9 Å². The number of aliphatic hydroxyl groups excluding tert-OH is 1. The van der Waals surface area contributed by atoms with Crippen LogP contribution in [0.15, 0.2) is 65.9 Å². The fourth-order valence-electron chi connectivity index (χ4n) is 2.90. The van der Waals surface area contributed by atoms with Crippen LogP contribution >= 0.6 is 11.6 Å². The molecule has 0 saturated heterocycles. The monoisotopic (exact) mass is 341 g/mol. The van der Waals surface area contributed by atoms with E-state index < -0.39 is 17.7 Å². The third-order valence-corrected chi connectivity index (χ3v) is 4.30. The summed E-state index contributed by atoms with van der Waals surface area (Å²) < 4.78 is 0. The van der Waals surface area contributed by atoms with E-state index in [1.165, 1.54) is 4.90 Å². The van der Waals surface area contributed by atoms with Crippen LogP contribution in [0.5, 0.6) is 0 Å². The van der Waals surface area contributed by atoms with Crippen molar-refractivity contribution < 1.29 is 14.7 Å². The first-order valence-corrected chi connectivity index (χ1v) is 8.02. The van der Waals surface area contributed by atoms with E-state index in [4.69, 9.17) is 11.6 Å². The maximum Gasteiger partial charge on any atom is 0.294 e. The minimum atomic E-state index is -0.662. The molecule has 1 atom stereocenters. The number of carbonyl (C=O) groups excluding carboxylic acids is 2. The molecule has 1 unspecified atom stereocenters. The summed E-state index contributed by atoms with van der Waals surface area (Å²) in [6.07, 6.45) is 0.208. The quantitative estimate of drug-likeness (QED) is 0.905. The van der Waals surface area contributed by atoms with Crippen molar-refractivity contribution in [2.75, 3.05) is 4.90 Å². The van der Waals surface area contributed by atoms with Crippen molar-refractivity contribution in [2.24, 2.45) is 0 Å². The molecule has 0 bridgehead atoms. The topological polar surface area (TPSA) is 57.6 Å². The van der Waals surface area contributed by atoms with E-state index in [-0.39, 0.29) is 17.8 Å². The van der Waals surface area contributed by atoms with E-state index in [9.17, 15) is 14.7 Å². The van der Waals surface area contributed by atoms with Crippen LogP contribution in [0.3, 0.4) is 0 Å². The normalized spacial score (nSPS) is 17.5. The van der Waals surface area contributed by atoms with E-state index in [2.05, 4.69) is 0 Å². The average molecular weight is 342 g/mol. The number of nitrogens with zero attached hydrogens (tertiary/aromatic N) is 1. The van der Waals surface area contributed by atoms with E-state index in [0.717, 1.165) is 5.56 Å². The van der Waals surface area contributed by atoms with E-state index in [0.29, 0.717) is 10.7 Å². The lowest BCUT2D eigenvalue weighted by Crippen LogP contribution is -2.30. The molecule has 1 aliphatic rings. The summed E-state index contributed by atoms with van der Waals surface area (Å²) in [5.41, 5.74) is 1.47. The third-order valence-electron chi connectivity index (χ3n) is 4.05. The van der Waals surface area contributed by atoms with E-state index in [1.54, 1.807) is 55.5 Å². The highest BCUT2D eigenvalue weighted by molar-refractivity contribution is 6.30. The Balaban J connectivity index is 2.17. The number of anilines is 1. The Morgan fingerprint density at radius 1 is 1.12 bits per heavy atom. The number of hydrogen-bond donors (Lipinski definition) is 1. The van der Waals surface area contributed by atoms with Gasteiger partial charge in [-0.05, 0) is 29.8 Å². The van der Waals surface area contributed by atoms with E-state index in [1.807, 2.05) is 6.07 Å². The van der Waals surface area contributed by atoms with Gasteiger partial charge in [-0.25, -0.2) is 0 Å². The fraction of sp³-hybridized carbons (Fsp3) is 0.158. The molecule has 3 rings (SSSR count). The summed E-state index contributed by atoms with van der Waals surface area (Å²) in [5, 5.41) is 10.9. The molecule has 4 nitrogen and oxygen atoms in total. The lowest BCUT2D eigenvalue weighted by molar-refractivity contribution is -0.118. The van der Waals surface area contributed by atoms with E-state index >= 15 is 0 Å². The van der Waals surface area contributed by atoms with Gasteiger partial charge in [0.2, 0.25) is 0 Å². The van der Waals surface area contributed by atoms with Gasteiger partial charge in [0.15, 0.2) is 11.5 Å². The highest BCUT2D eigenvalue weighted by Gasteiger charge is 2.43. The van der Waals surface area contributed by atoms with Gasteiger partial charge in [0.05, 0.1) is 11.6 Å². The van der Waals surface area contributed by atoms with Crippen LogP contribution in [0, 0.1) is 0 Å². The first-order valence-electron chi connectivity index (χ1n) is 7.65. The molecule has 0 saturated carbocycles. The number of aliphatic hydroxyl groups is 1. The molecular weight excluding hydrogens is 326 g/mol. The lowest BCUT2D eigenvalue weighted by atomic mass is 9.95. The third kappa shape index (κ3) is 2.69. The predicted molar refractivity (Wildman–Crippen MR) is 93.1 cm³/mol. The van der Waals surface area contributed by atoms with Crippen molar-refractivity contribution in [3.8, 4) is 0 Å². The number of amides is 1. The molecule has 0 aromatic heterocycles. The molecule has 1 heterocycles. The Kier molecular flexibility index (Phi) is 4.40. The maximum absolute atomic E-state index is 12.6. The molecule has 2 aromatic carbocycles. The van der Waals surface area contributed by atoms with Crippen LogP contribution in [0.1, 0.15) is 24.9 Å². The second-order valence-corrected chi connectivity index (χ2v) is 5.94. The Bertz CT molecular complexity index is 812.